The van der Waals surface area contributed by atoms with Crippen molar-refractivity contribution in [1.82, 2.24) is 5.32 Å². The molecule has 2 rings (SSSR count). The fourth-order valence-corrected chi connectivity index (χ4v) is 2.62. The second-order valence-electron chi connectivity index (χ2n) is 4.83. The van der Waals surface area contributed by atoms with E-state index in [0.717, 1.165) is 27.2 Å². The van der Waals surface area contributed by atoms with Crippen molar-refractivity contribution in [2.24, 2.45) is 0 Å². The molecule has 0 amide bonds. The van der Waals surface area contributed by atoms with Crippen LogP contribution in [0.5, 0.6) is 0 Å². The molecule has 0 aliphatic carbocycles. The van der Waals surface area contributed by atoms with E-state index in [1.807, 2.05) is 26.0 Å². The highest BCUT2D eigenvalue weighted by molar-refractivity contribution is 9.10. The third kappa shape index (κ3) is 2.76. The molecule has 1 unspecified atom stereocenters. The number of aryl methyl sites for hydroxylation is 2. The zero-order valence-corrected chi connectivity index (χ0v) is 13.2. The smallest absolute Gasteiger partial charge is 0.163 e. The molecule has 0 saturated heterocycles. The number of nitrogens with one attached hydrogen (secondary N) is 1. The summed E-state index contributed by atoms with van der Waals surface area (Å²) in [5.74, 6) is -1.63. The van der Waals surface area contributed by atoms with E-state index in [0.29, 0.717) is 5.56 Å². The molecule has 1 nitrogen and oxygen atoms in total. The summed E-state index contributed by atoms with van der Waals surface area (Å²) < 4.78 is 28.4. The second-order valence-corrected chi connectivity index (χ2v) is 5.63. The van der Waals surface area contributed by atoms with Gasteiger partial charge in [-0.3, -0.25) is 0 Å². The van der Waals surface area contributed by atoms with E-state index in [-0.39, 0.29) is 6.04 Å². The lowest BCUT2D eigenvalue weighted by molar-refractivity contribution is 0.487. The third-order valence-corrected chi connectivity index (χ3v) is 4.62. The molecule has 20 heavy (non-hydrogen) atoms. The lowest BCUT2D eigenvalue weighted by Gasteiger charge is -2.20. The van der Waals surface area contributed by atoms with Crippen LogP contribution in [-0.4, -0.2) is 7.05 Å². The Morgan fingerprint density at radius 2 is 1.70 bits per heavy atom. The maximum Gasteiger partial charge on any atom is 0.163 e. The summed E-state index contributed by atoms with van der Waals surface area (Å²) in [5.41, 5.74) is 3.36. The molecule has 0 radical (unpaired) electrons. The lowest BCUT2D eigenvalue weighted by atomic mass is 9.95. The van der Waals surface area contributed by atoms with Gasteiger partial charge in [-0.25, -0.2) is 8.78 Å². The highest BCUT2D eigenvalue weighted by Gasteiger charge is 2.19. The molecule has 0 aromatic heterocycles. The Labute approximate surface area is 126 Å². The fraction of sp³-hybridized carbons (Fsp3) is 0.250. The van der Waals surface area contributed by atoms with E-state index in [1.165, 1.54) is 6.07 Å². The summed E-state index contributed by atoms with van der Waals surface area (Å²) in [6.07, 6.45) is 0. The van der Waals surface area contributed by atoms with Gasteiger partial charge in [-0.2, -0.15) is 0 Å². The number of hydrogen-bond acceptors (Lipinski definition) is 1. The molecular formula is C16H16BrF2N. The summed E-state index contributed by atoms with van der Waals surface area (Å²) in [7, 11) is 1.74. The van der Waals surface area contributed by atoms with Crippen molar-refractivity contribution in [1.29, 1.82) is 0 Å². The van der Waals surface area contributed by atoms with Gasteiger partial charge in [0.05, 0.1) is 6.04 Å². The van der Waals surface area contributed by atoms with Crippen molar-refractivity contribution in [2.75, 3.05) is 7.05 Å². The number of benzene rings is 2. The number of hydrogen-bond donors (Lipinski definition) is 1. The van der Waals surface area contributed by atoms with Gasteiger partial charge in [0, 0.05) is 10.0 Å². The molecule has 0 spiro atoms. The van der Waals surface area contributed by atoms with Gasteiger partial charge < -0.3 is 5.32 Å². The predicted octanol–water partition coefficient (Wildman–Crippen LogP) is 4.65. The SMILES string of the molecule is CNC(c1cc(C)c(Br)c(C)c1)c1cccc(F)c1F. The van der Waals surface area contributed by atoms with Crippen LogP contribution in [0.3, 0.4) is 0 Å². The molecule has 1 atom stereocenters. The van der Waals surface area contributed by atoms with E-state index in [4.69, 9.17) is 0 Å². The maximum absolute atomic E-state index is 14.0. The van der Waals surface area contributed by atoms with Crippen LogP contribution in [0.25, 0.3) is 0 Å². The normalized spacial score (nSPS) is 12.5. The average molecular weight is 340 g/mol. The van der Waals surface area contributed by atoms with Crippen molar-refractivity contribution in [3.05, 3.63) is 68.7 Å². The third-order valence-electron chi connectivity index (χ3n) is 3.37. The maximum atomic E-state index is 14.0. The zero-order valence-electron chi connectivity index (χ0n) is 11.6. The topological polar surface area (TPSA) is 12.0 Å². The monoisotopic (exact) mass is 339 g/mol. The molecule has 4 heteroatoms. The zero-order chi connectivity index (χ0) is 14.9. The number of rotatable bonds is 3. The summed E-state index contributed by atoms with van der Waals surface area (Å²) >= 11 is 3.51. The molecule has 0 heterocycles. The van der Waals surface area contributed by atoms with Crippen LogP contribution < -0.4 is 5.32 Å². The minimum atomic E-state index is -0.826. The summed E-state index contributed by atoms with van der Waals surface area (Å²) in [6.45, 7) is 3.96. The lowest BCUT2D eigenvalue weighted by Crippen LogP contribution is -2.19. The Kier molecular flexibility index (Phi) is 4.55. The van der Waals surface area contributed by atoms with Gasteiger partial charge in [0.15, 0.2) is 11.6 Å². The van der Waals surface area contributed by atoms with Gasteiger partial charge in [0.1, 0.15) is 0 Å². The Balaban J connectivity index is 2.55. The Bertz CT molecular complexity index is 617. The predicted molar refractivity (Wildman–Crippen MR) is 80.9 cm³/mol. The van der Waals surface area contributed by atoms with Crippen LogP contribution in [-0.2, 0) is 0 Å². The molecule has 106 valence electrons. The molecule has 0 aliphatic heterocycles. The fourth-order valence-electron chi connectivity index (χ4n) is 2.39. The highest BCUT2D eigenvalue weighted by Crippen LogP contribution is 2.30. The van der Waals surface area contributed by atoms with Gasteiger partial charge in [0.2, 0.25) is 0 Å². The van der Waals surface area contributed by atoms with E-state index in [1.54, 1.807) is 13.1 Å². The quantitative estimate of drug-likeness (QED) is 0.857. The van der Waals surface area contributed by atoms with Gasteiger partial charge in [-0.1, -0.05) is 40.2 Å². The molecule has 0 bridgehead atoms. The molecule has 0 aliphatic rings. The summed E-state index contributed by atoms with van der Waals surface area (Å²) in [5, 5.41) is 3.05. The first-order chi connectivity index (χ1) is 9.45. The van der Waals surface area contributed by atoms with Gasteiger partial charge in [0.25, 0.3) is 0 Å². The van der Waals surface area contributed by atoms with Crippen LogP contribution in [0.15, 0.2) is 34.8 Å². The molecule has 1 N–H and O–H groups in total. The van der Waals surface area contributed by atoms with E-state index in [9.17, 15) is 8.78 Å². The van der Waals surface area contributed by atoms with Crippen LogP contribution >= 0.6 is 15.9 Å². The first-order valence-electron chi connectivity index (χ1n) is 6.33. The van der Waals surface area contributed by atoms with Crippen molar-refractivity contribution in [3.8, 4) is 0 Å². The molecule has 0 fully saturated rings. The van der Waals surface area contributed by atoms with Crippen molar-refractivity contribution >= 4 is 15.9 Å². The van der Waals surface area contributed by atoms with Crippen LogP contribution in [0.4, 0.5) is 8.78 Å². The van der Waals surface area contributed by atoms with Crippen molar-refractivity contribution < 1.29 is 8.78 Å². The van der Waals surface area contributed by atoms with Gasteiger partial charge in [-0.15, -0.1) is 0 Å². The Morgan fingerprint density at radius 1 is 1.10 bits per heavy atom. The van der Waals surface area contributed by atoms with Crippen molar-refractivity contribution in [3.63, 3.8) is 0 Å². The van der Waals surface area contributed by atoms with E-state index in [2.05, 4.69) is 21.2 Å². The minimum absolute atomic E-state index is 0.314. The minimum Gasteiger partial charge on any atom is -0.309 e. The molecule has 2 aromatic carbocycles. The van der Waals surface area contributed by atoms with Gasteiger partial charge in [-0.05, 0) is 43.7 Å². The molecule has 0 saturated carbocycles. The largest absolute Gasteiger partial charge is 0.309 e. The second kappa shape index (κ2) is 6.02. The first-order valence-corrected chi connectivity index (χ1v) is 7.12. The van der Waals surface area contributed by atoms with E-state index >= 15 is 0 Å². The summed E-state index contributed by atoms with van der Waals surface area (Å²) in [6, 6.07) is 7.83. The molecule has 2 aromatic rings. The average Bonchev–Trinajstić information content (AvgIpc) is 2.41. The highest BCUT2D eigenvalue weighted by atomic mass is 79.9. The van der Waals surface area contributed by atoms with Crippen LogP contribution in [0.1, 0.15) is 28.3 Å². The van der Waals surface area contributed by atoms with Crippen LogP contribution in [0, 0.1) is 25.5 Å². The Morgan fingerprint density at radius 3 is 2.25 bits per heavy atom. The van der Waals surface area contributed by atoms with Crippen LogP contribution in [0.2, 0.25) is 0 Å². The number of halogens is 3. The summed E-state index contributed by atoms with van der Waals surface area (Å²) in [4.78, 5) is 0. The standard InChI is InChI=1S/C16H16BrF2N/c1-9-7-11(8-10(2)14(9)17)16(20-3)12-5-4-6-13(18)15(12)19/h4-8,16,20H,1-3H3. The van der Waals surface area contributed by atoms with E-state index < -0.39 is 11.6 Å². The Hall–Kier alpha value is -1.26. The first kappa shape index (κ1) is 15.1. The molecular weight excluding hydrogens is 324 g/mol. The van der Waals surface area contributed by atoms with Crippen molar-refractivity contribution in [2.45, 2.75) is 19.9 Å². The van der Waals surface area contributed by atoms with Gasteiger partial charge >= 0.3 is 0 Å².